The topological polar surface area (TPSA) is 88.5 Å². The molecule has 5 rings (SSSR count). The van der Waals surface area contributed by atoms with Gasteiger partial charge in [0.2, 0.25) is 0 Å². The highest BCUT2D eigenvalue weighted by Gasteiger charge is 2.28. The van der Waals surface area contributed by atoms with Crippen molar-refractivity contribution in [2.75, 3.05) is 44.3 Å². The number of nitrogens with one attached hydrogen (secondary N) is 1. The molecule has 0 radical (unpaired) electrons. The Bertz CT molecular complexity index is 1050. The highest BCUT2D eigenvalue weighted by atomic mass is 16.6. The Morgan fingerprint density at radius 2 is 2.07 bits per heavy atom. The van der Waals surface area contributed by atoms with Crippen LogP contribution in [0.15, 0.2) is 24.5 Å². The predicted molar refractivity (Wildman–Crippen MR) is 108 cm³/mol. The highest BCUT2D eigenvalue weighted by Crippen LogP contribution is 2.31. The van der Waals surface area contributed by atoms with Crippen molar-refractivity contribution < 1.29 is 14.3 Å². The van der Waals surface area contributed by atoms with E-state index in [0.717, 1.165) is 46.8 Å². The summed E-state index contributed by atoms with van der Waals surface area (Å²) >= 11 is 0. The zero-order valence-corrected chi connectivity index (χ0v) is 16.6. The van der Waals surface area contributed by atoms with Gasteiger partial charge in [-0.1, -0.05) is 0 Å². The van der Waals surface area contributed by atoms with E-state index in [-0.39, 0.29) is 12.2 Å². The number of hydrogen-bond donors (Lipinski definition) is 1. The van der Waals surface area contributed by atoms with E-state index < -0.39 is 0 Å². The van der Waals surface area contributed by atoms with Gasteiger partial charge in [0.05, 0.1) is 25.1 Å². The lowest BCUT2D eigenvalue weighted by Gasteiger charge is -2.37. The van der Waals surface area contributed by atoms with Crippen LogP contribution in [0.3, 0.4) is 0 Å². The third-order valence-corrected chi connectivity index (χ3v) is 5.79. The summed E-state index contributed by atoms with van der Waals surface area (Å²) in [6.45, 7) is 5.84. The summed E-state index contributed by atoms with van der Waals surface area (Å²) in [5.74, 6) is 0. The number of hydrogen-bond acceptors (Lipinski definition) is 6. The summed E-state index contributed by atoms with van der Waals surface area (Å²) in [7, 11) is 1.94. The van der Waals surface area contributed by atoms with E-state index in [2.05, 4.69) is 33.0 Å². The third kappa shape index (κ3) is 3.21. The number of piperazine rings is 1. The molecule has 0 bridgehead atoms. The molecule has 2 aliphatic rings. The fourth-order valence-corrected chi connectivity index (χ4v) is 3.83. The zero-order valence-electron chi connectivity index (χ0n) is 16.6. The number of pyridine rings is 1. The van der Waals surface area contributed by atoms with Gasteiger partial charge in [-0.2, -0.15) is 5.10 Å². The number of aromatic nitrogens is 4. The van der Waals surface area contributed by atoms with E-state index in [1.54, 1.807) is 4.90 Å². The monoisotopic (exact) mass is 396 g/mol. The van der Waals surface area contributed by atoms with Crippen molar-refractivity contribution in [2.45, 2.75) is 13.0 Å². The van der Waals surface area contributed by atoms with Gasteiger partial charge in [-0.3, -0.25) is 4.68 Å². The molecule has 0 atom stereocenters. The fraction of sp³-hybridized carbons (Fsp3) is 0.450. The van der Waals surface area contributed by atoms with E-state index in [1.165, 1.54) is 0 Å². The number of aryl methyl sites for hydroxylation is 1. The minimum absolute atomic E-state index is 0.0884. The first-order valence-electron chi connectivity index (χ1n) is 9.85. The molecule has 152 valence electrons. The van der Waals surface area contributed by atoms with Crippen molar-refractivity contribution in [2.24, 2.45) is 7.05 Å². The van der Waals surface area contributed by atoms with Gasteiger partial charge in [0.1, 0.15) is 5.65 Å². The van der Waals surface area contributed by atoms with Crippen molar-refractivity contribution in [1.82, 2.24) is 24.6 Å². The molecule has 1 amide bonds. The summed E-state index contributed by atoms with van der Waals surface area (Å²) in [6.07, 6.45) is 3.37. The number of H-pyrrole nitrogens is 1. The number of amides is 1. The molecule has 9 heteroatoms. The SMILES string of the molecule is Cc1c(-c2cc3c(N4CCN(C(=O)OC5COC5)CC4)ccnc3[nH]2)cnn1C. The van der Waals surface area contributed by atoms with Crippen molar-refractivity contribution in [3.8, 4) is 11.3 Å². The number of fused-ring (bicyclic) bond motifs is 1. The van der Waals surface area contributed by atoms with Gasteiger partial charge in [-0.25, -0.2) is 9.78 Å². The zero-order chi connectivity index (χ0) is 20.0. The van der Waals surface area contributed by atoms with Crippen LogP contribution in [0, 0.1) is 6.92 Å². The molecule has 1 N–H and O–H groups in total. The lowest BCUT2D eigenvalue weighted by molar-refractivity contribution is -0.104. The quantitative estimate of drug-likeness (QED) is 0.728. The molecule has 0 spiro atoms. The van der Waals surface area contributed by atoms with Crippen LogP contribution in [-0.2, 0) is 16.5 Å². The molecule has 5 heterocycles. The van der Waals surface area contributed by atoms with Crippen LogP contribution < -0.4 is 4.90 Å². The van der Waals surface area contributed by atoms with Gasteiger partial charge < -0.3 is 24.3 Å². The van der Waals surface area contributed by atoms with Crippen LogP contribution in [-0.4, -0.2) is 76.2 Å². The first kappa shape index (κ1) is 18.0. The number of aromatic amines is 1. The molecule has 9 nitrogen and oxygen atoms in total. The average molecular weight is 396 g/mol. The lowest BCUT2D eigenvalue weighted by Crippen LogP contribution is -2.51. The molecule has 0 aliphatic carbocycles. The molecule has 2 saturated heterocycles. The Kier molecular flexibility index (Phi) is 4.39. The number of carbonyl (C=O) groups is 1. The summed E-state index contributed by atoms with van der Waals surface area (Å²) in [5.41, 5.74) is 5.16. The van der Waals surface area contributed by atoms with E-state index in [0.29, 0.717) is 26.3 Å². The molecule has 2 fully saturated rings. The highest BCUT2D eigenvalue weighted by molar-refractivity contribution is 5.94. The molecular weight excluding hydrogens is 372 g/mol. The van der Waals surface area contributed by atoms with Gasteiger partial charge >= 0.3 is 6.09 Å². The minimum atomic E-state index is -0.242. The number of anilines is 1. The molecule has 29 heavy (non-hydrogen) atoms. The Balaban J connectivity index is 1.34. The smallest absolute Gasteiger partial charge is 0.410 e. The second kappa shape index (κ2) is 7.07. The standard InChI is InChI=1S/C20H24N6O3/c1-13-16(10-22-24(13)2)17-9-15-18(3-4-21-19(15)23-17)25-5-7-26(8-6-25)20(27)29-14-11-28-12-14/h3-4,9-10,14H,5-8,11-12H2,1-2H3,(H,21,23). The van der Waals surface area contributed by atoms with Crippen LogP contribution in [0.1, 0.15) is 5.69 Å². The predicted octanol–water partition coefficient (Wildman–Crippen LogP) is 1.93. The van der Waals surface area contributed by atoms with Crippen molar-refractivity contribution in [3.63, 3.8) is 0 Å². The molecular formula is C20H24N6O3. The molecule has 2 aliphatic heterocycles. The first-order valence-corrected chi connectivity index (χ1v) is 9.85. The number of nitrogens with zero attached hydrogens (tertiary/aromatic N) is 5. The van der Waals surface area contributed by atoms with Gasteiger partial charge in [-0.15, -0.1) is 0 Å². The van der Waals surface area contributed by atoms with E-state index in [9.17, 15) is 4.79 Å². The van der Waals surface area contributed by atoms with Crippen LogP contribution in [0.4, 0.5) is 10.5 Å². The third-order valence-electron chi connectivity index (χ3n) is 5.79. The maximum absolute atomic E-state index is 12.3. The van der Waals surface area contributed by atoms with Gasteiger partial charge in [-0.05, 0) is 19.1 Å². The van der Waals surface area contributed by atoms with Crippen molar-refractivity contribution >= 4 is 22.8 Å². The molecule has 3 aromatic heterocycles. The Hall–Kier alpha value is -3.07. The van der Waals surface area contributed by atoms with Gasteiger partial charge in [0.25, 0.3) is 0 Å². The summed E-state index contributed by atoms with van der Waals surface area (Å²) in [5, 5.41) is 5.42. The Labute approximate surface area is 168 Å². The van der Waals surface area contributed by atoms with E-state index in [4.69, 9.17) is 9.47 Å². The molecule has 0 saturated carbocycles. The fourth-order valence-electron chi connectivity index (χ4n) is 3.83. The maximum atomic E-state index is 12.3. The van der Waals surface area contributed by atoms with Crippen LogP contribution in [0.5, 0.6) is 0 Å². The van der Waals surface area contributed by atoms with Crippen molar-refractivity contribution in [1.29, 1.82) is 0 Å². The van der Waals surface area contributed by atoms with E-state index in [1.807, 2.05) is 30.2 Å². The number of carbonyl (C=O) groups excluding carboxylic acids is 1. The van der Waals surface area contributed by atoms with E-state index >= 15 is 0 Å². The maximum Gasteiger partial charge on any atom is 0.410 e. The van der Waals surface area contributed by atoms with Crippen LogP contribution in [0.2, 0.25) is 0 Å². The normalized spacial score (nSPS) is 17.6. The molecule has 0 unspecified atom stereocenters. The summed E-state index contributed by atoms with van der Waals surface area (Å²) in [6, 6.07) is 4.18. The van der Waals surface area contributed by atoms with Crippen LogP contribution in [0.25, 0.3) is 22.3 Å². The van der Waals surface area contributed by atoms with Gasteiger partial charge in [0.15, 0.2) is 6.10 Å². The second-order valence-electron chi connectivity index (χ2n) is 7.56. The summed E-state index contributed by atoms with van der Waals surface area (Å²) in [4.78, 5) is 24.3. The van der Waals surface area contributed by atoms with Crippen LogP contribution >= 0.6 is 0 Å². The largest absolute Gasteiger partial charge is 0.441 e. The summed E-state index contributed by atoms with van der Waals surface area (Å²) < 4.78 is 12.4. The molecule has 0 aromatic carbocycles. The average Bonchev–Trinajstić information content (AvgIpc) is 3.28. The van der Waals surface area contributed by atoms with Gasteiger partial charge in [0, 0.05) is 61.8 Å². The van der Waals surface area contributed by atoms with Crippen molar-refractivity contribution in [3.05, 3.63) is 30.2 Å². The Morgan fingerprint density at radius 1 is 1.28 bits per heavy atom. The number of ether oxygens (including phenoxy) is 2. The Morgan fingerprint density at radius 3 is 2.72 bits per heavy atom. The second-order valence-corrected chi connectivity index (χ2v) is 7.56. The number of rotatable bonds is 3. The minimum Gasteiger partial charge on any atom is -0.441 e. The first-order chi connectivity index (χ1) is 14.1. The lowest BCUT2D eigenvalue weighted by atomic mass is 10.1. The molecule has 3 aromatic rings.